The van der Waals surface area contributed by atoms with Gasteiger partial charge >= 0.3 is 0 Å². The summed E-state index contributed by atoms with van der Waals surface area (Å²) in [6.07, 6.45) is 0. The fourth-order valence-corrected chi connectivity index (χ4v) is 2.11. The van der Waals surface area contributed by atoms with Crippen molar-refractivity contribution in [2.75, 3.05) is 0 Å². The number of rotatable bonds is 2. The molecule has 1 unspecified atom stereocenters. The molecule has 2 aromatic rings. The van der Waals surface area contributed by atoms with Crippen molar-refractivity contribution in [1.82, 2.24) is 0 Å². The standard InChI is InChI=1S/C13H7BrClF3/c14-10-3-1-7(5-12(10)18)13(15)9-6-8(16)2-4-11(9)17/h1-6,13H. The molecule has 0 saturated carbocycles. The van der Waals surface area contributed by atoms with Crippen LogP contribution in [0.1, 0.15) is 16.5 Å². The lowest BCUT2D eigenvalue weighted by Crippen LogP contribution is -1.99. The van der Waals surface area contributed by atoms with E-state index < -0.39 is 22.8 Å². The van der Waals surface area contributed by atoms with Crippen LogP contribution in [0, 0.1) is 17.5 Å². The van der Waals surface area contributed by atoms with Crippen LogP contribution >= 0.6 is 27.5 Å². The van der Waals surface area contributed by atoms with Gasteiger partial charge in [-0.25, -0.2) is 13.2 Å². The zero-order valence-corrected chi connectivity index (χ0v) is 11.3. The van der Waals surface area contributed by atoms with E-state index in [2.05, 4.69) is 15.9 Å². The molecule has 0 N–H and O–H groups in total. The van der Waals surface area contributed by atoms with Crippen LogP contribution < -0.4 is 0 Å². The molecule has 2 rings (SSSR count). The van der Waals surface area contributed by atoms with Gasteiger partial charge in [0.05, 0.1) is 9.85 Å². The molecule has 1 atom stereocenters. The highest BCUT2D eigenvalue weighted by molar-refractivity contribution is 9.10. The Kier molecular flexibility index (Phi) is 3.97. The van der Waals surface area contributed by atoms with Gasteiger partial charge in [0.1, 0.15) is 17.5 Å². The Balaban J connectivity index is 2.44. The zero-order chi connectivity index (χ0) is 13.3. The Morgan fingerprint density at radius 2 is 1.67 bits per heavy atom. The quantitative estimate of drug-likeness (QED) is 0.662. The lowest BCUT2D eigenvalue weighted by atomic mass is 10.0. The molecule has 0 amide bonds. The highest BCUT2D eigenvalue weighted by Crippen LogP contribution is 2.32. The van der Waals surface area contributed by atoms with Crippen molar-refractivity contribution < 1.29 is 13.2 Å². The summed E-state index contributed by atoms with van der Waals surface area (Å²) in [5, 5.41) is -0.941. The van der Waals surface area contributed by atoms with Crippen LogP contribution in [-0.2, 0) is 0 Å². The van der Waals surface area contributed by atoms with Crippen molar-refractivity contribution in [3.05, 3.63) is 69.4 Å². The van der Waals surface area contributed by atoms with E-state index in [1.165, 1.54) is 12.1 Å². The van der Waals surface area contributed by atoms with Crippen LogP contribution in [0.2, 0.25) is 0 Å². The molecule has 0 bridgehead atoms. The zero-order valence-electron chi connectivity index (χ0n) is 8.93. The third kappa shape index (κ3) is 2.70. The van der Waals surface area contributed by atoms with E-state index in [4.69, 9.17) is 11.6 Å². The summed E-state index contributed by atoms with van der Waals surface area (Å²) < 4.78 is 40.2. The Morgan fingerprint density at radius 1 is 0.944 bits per heavy atom. The van der Waals surface area contributed by atoms with Crippen molar-refractivity contribution in [2.24, 2.45) is 0 Å². The molecule has 0 spiro atoms. The van der Waals surface area contributed by atoms with Crippen molar-refractivity contribution in [3.63, 3.8) is 0 Å². The normalized spacial score (nSPS) is 12.5. The van der Waals surface area contributed by atoms with Crippen molar-refractivity contribution >= 4 is 27.5 Å². The average molecular weight is 336 g/mol. The monoisotopic (exact) mass is 334 g/mol. The third-order valence-electron chi connectivity index (χ3n) is 2.47. The lowest BCUT2D eigenvalue weighted by molar-refractivity contribution is 0.586. The molecular formula is C13H7BrClF3. The number of hydrogen-bond donors (Lipinski definition) is 0. The van der Waals surface area contributed by atoms with Crippen molar-refractivity contribution in [1.29, 1.82) is 0 Å². The van der Waals surface area contributed by atoms with E-state index >= 15 is 0 Å². The average Bonchev–Trinajstić information content (AvgIpc) is 2.35. The topological polar surface area (TPSA) is 0 Å². The Bertz CT molecular complexity index is 586. The lowest BCUT2D eigenvalue weighted by Gasteiger charge is -2.12. The SMILES string of the molecule is Fc1ccc(F)c(C(Cl)c2ccc(Br)c(F)c2)c1. The van der Waals surface area contributed by atoms with Gasteiger partial charge in [-0.3, -0.25) is 0 Å². The molecule has 0 aromatic heterocycles. The summed E-state index contributed by atoms with van der Waals surface area (Å²) in [6, 6.07) is 7.21. The molecule has 0 saturated heterocycles. The summed E-state index contributed by atoms with van der Waals surface area (Å²) in [5.74, 6) is -1.72. The molecule has 0 fully saturated rings. The number of alkyl halides is 1. The molecule has 0 aliphatic rings. The first kappa shape index (κ1) is 13.4. The second-order valence-corrected chi connectivity index (χ2v) is 4.99. The summed E-state index contributed by atoms with van der Waals surface area (Å²) in [4.78, 5) is 0. The summed E-state index contributed by atoms with van der Waals surface area (Å²) in [5.41, 5.74) is 0.347. The summed E-state index contributed by atoms with van der Waals surface area (Å²) in [6.45, 7) is 0. The van der Waals surface area contributed by atoms with E-state index in [0.29, 0.717) is 5.56 Å². The maximum Gasteiger partial charge on any atom is 0.137 e. The molecule has 0 heterocycles. The second kappa shape index (κ2) is 5.33. The first-order valence-electron chi connectivity index (χ1n) is 5.03. The Labute approximate surface area is 116 Å². The van der Waals surface area contributed by atoms with Crippen molar-refractivity contribution in [3.8, 4) is 0 Å². The number of benzene rings is 2. The van der Waals surface area contributed by atoms with Gasteiger partial charge in [0.25, 0.3) is 0 Å². The predicted molar refractivity (Wildman–Crippen MR) is 68.2 cm³/mol. The maximum atomic E-state index is 13.5. The van der Waals surface area contributed by atoms with Crippen LogP contribution in [0.5, 0.6) is 0 Å². The summed E-state index contributed by atoms with van der Waals surface area (Å²) in [7, 11) is 0. The highest BCUT2D eigenvalue weighted by Gasteiger charge is 2.17. The van der Waals surface area contributed by atoms with Gasteiger partial charge in [-0.1, -0.05) is 6.07 Å². The minimum atomic E-state index is -0.941. The number of hydrogen-bond acceptors (Lipinski definition) is 0. The van der Waals surface area contributed by atoms with Crippen molar-refractivity contribution in [2.45, 2.75) is 5.38 Å². The van der Waals surface area contributed by atoms with E-state index in [1.54, 1.807) is 6.07 Å². The fraction of sp³-hybridized carbons (Fsp3) is 0.0769. The molecule has 94 valence electrons. The minimum absolute atomic E-state index is 0.0154. The second-order valence-electron chi connectivity index (χ2n) is 3.70. The van der Waals surface area contributed by atoms with Gasteiger partial charge in [0.2, 0.25) is 0 Å². The van der Waals surface area contributed by atoms with Gasteiger partial charge in [0.15, 0.2) is 0 Å². The van der Waals surface area contributed by atoms with E-state index in [1.807, 2.05) is 0 Å². The predicted octanol–water partition coefficient (Wildman–Crippen LogP) is 5.19. The van der Waals surface area contributed by atoms with Crippen LogP contribution in [0.4, 0.5) is 13.2 Å². The first-order chi connectivity index (χ1) is 8.49. The van der Waals surface area contributed by atoms with Gasteiger partial charge in [-0.15, -0.1) is 11.6 Å². The molecule has 0 aliphatic heterocycles. The third-order valence-corrected chi connectivity index (χ3v) is 3.60. The Hall–Kier alpha value is -1.00. The molecule has 0 nitrogen and oxygen atoms in total. The van der Waals surface area contributed by atoms with Gasteiger partial charge in [0, 0.05) is 5.56 Å². The van der Waals surface area contributed by atoms with E-state index in [0.717, 1.165) is 18.2 Å². The van der Waals surface area contributed by atoms with Crippen LogP contribution in [-0.4, -0.2) is 0 Å². The van der Waals surface area contributed by atoms with Crippen LogP contribution in [0.25, 0.3) is 0 Å². The summed E-state index contributed by atoms with van der Waals surface area (Å²) >= 11 is 9.05. The van der Waals surface area contributed by atoms with Gasteiger partial charge in [-0.05, 0) is 51.8 Å². The maximum absolute atomic E-state index is 13.5. The smallest absolute Gasteiger partial charge is 0.137 e. The molecule has 0 radical (unpaired) electrons. The van der Waals surface area contributed by atoms with E-state index in [9.17, 15) is 13.2 Å². The Morgan fingerprint density at radius 3 is 2.33 bits per heavy atom. The highest BCUT2D eigenvalue weighted by atomic mass is 79.9. The minimum Gasteiger partial charge on any atom is -0.207 e. The van der Waals surface area contributed by atoms with Crippen LogP contribution in [0.3, 0.4) is 0 Å². The fourth-order valence-electron chi connectivity index (χ4n) is 1.56. The van der Waals surface area contributed by atoms with E-state index in [-0.39, 0.29) is 10.0 Å². The molecule has 2 aromatic carbocycles. The largest absolute Gasteiger partial charge is 0.207 e. The van der Waals surface area contributed by atoms with Crippen LogP contribution in [0.15, 0.2) is 40.9 Å². The van der Waals surface area contributed by atoms with Gasteiger partial charge < -0.3 is 0 Å². The number of halogens is 5. The molecular weight excluding hydrogens is 328 g/mol. The molecule has 0 aliphatic carbocycles. The van der Waals surface area contributed by atoms with Gasteiger partial charge in [-0.2, -0.15) is 0 Å². The molecule has 18 heavy (non-hydrogen) atoms. The molecule has 5 heteroatoms. The first-order valence-corrected chi connectivity index (χ1v) is 6.26.